The first-order valence-electron chi connectivity index (χ1n) is 9.73. The van der Waals surface area contributed by atoms with Crippen LogP contribution in [0.1, 0.15) is 76.2 Å². The van der Waals surface area contributed by atoms with Gasteiger partial charge in [0, 0.05) is 5.56 Å². The van der Waals surface area contributed by atoms with E-state index in [4.69, 9.17) is 4.74 Å². The summed E-state index contributed by atoms with van der Waals surface area (Å²) in [5.41, 5.74) is 4.71. The van der Waals surface area contributed by atoms with Crippen molar-refractivity contribution in [3.05, 3.63) is 64.3 Å². The van der Waals surface area contributed by atoms with E-state index < -0.39 is 0 Å². The van der Waals surface area contributed by atoms with E-state index in [2.05, 4.69) is 27.4 Å². The van der Waals surface area contributed by atoms with Crippen LogP contribution in [0.4, 0.5) is 4.39 Å². The van der Waals surface area contributed by atoms with Crippen molar-refractivity contribution >= 4 is 11.8 Å². The van der Waals surface area contributed by atoms with Crippen molar-refractivity contribution in [3.8, 4) is 0 Å². The van der Waals surface area contributed by atoms with Crippen molar-refractivity contribution < 1.29 is 13.9 Å². The molecule has 0 saturated carbocycles. The Bertz CT molecular complexity index is 779. The Hall–Kier alpha value is -2.16. The lowest BCUT2D eigenvalue weighted by Gasteiger charge is -2.36. The van der Waals surface area contributed by atoms with E-state index in [-0.39, 0.29) is 17.2 Å². The molecular formula is C24H31FO2. The number of carbonyl (C=O) groups excluding carboxylic acids is 1. The molecule has 146 valence electrons. The highest BCUT2D eigenvalue weighted by molar-refractivity contribution is 5.89. The highest BCUT2D eigenvalue weighted by Gasteiger charge is 2.31. The molecule has 1 aromatic rings. The van der Waals surface area contributed by atoms with E-state index in [9.17, 15) is 4.79 Å². The minimum absolute atomic E-state index is 0.00779. The topological polar surface area (TPSA) is 26.3 Å². The van der Waals surface area contributed by atoms with Crippen molar-refractivity contribution in [2.75, 3.05) is 6.61 Å². The van der Waals surface area contributed by atoms with Crippen LogP contribution in [0.15, 0.2) is 53.1 Å². The zero-order valence-electron chi connectivity index (χ0n) is 17.2. The zero-order chi connectivity index (χ0) is 20.2. The van der Waals surface area contributed by atoms with Crippen molar-refractivity contribution in [1.82, 2.24) is 0 Å². The Kier molecular flexibility index (Phi) is 6.80. The smallest absolute Gasteiger partial charge is 0.338 e. The largest absolute Gasteiger partial charge is 0.462 e. The molecule has 0 fully saturated rings. The highest BCUT2D eigenvalue weighted by Crippen LogP contribution is 2.45. The van der Waals surface area contributed by atoms with Crippen molar-refractivity contribution in [2.24, 2.45) is 5.41 Å². The van der Waals surface area contributed by atoms with Crippen LogP contribution in [0.25, 0.3) is 5.83 Å². The quantitative estimate of drug-likeness (QED) is 0.396. The Morgan fingerprint density at radius 2 is 1.81 bits per heavy atom. The number of rotatable bonds is 6. The normalized spacial score (nSPS) is 17.4. The second-order valence-corrected chi connectivity index (χ2v) is 8.02. The molecule has 0 aromatic heterocycles. The minimum Gasteiger partial charge on any atom is -0.462 e. The second kappa shape index (κ2) is 8.69. The molecule has 0 spiro atoms. The first-order chi connectivity index (χ1) is 12.7. The minimum atomic E-state index is -0.376. The van der Waals surface area contributed by atoms with Gasteiger partial charge < -0.3 is 4.74 Å². The van der Waals surface area contributed by atoms with Crippen LogP contribution in [-0.2, 0) is 4.74 Å². The molecule has 3 heteroatoms. The lowest BCUT2D eigenvalue weighted by molar-refractivity contribution is 0.0505. The van der Waals surface area contributed by atoms with Crippen LogP contribution in [0.2, 0.25) is 0 Å². The van der Waals surface area contributed by atoms with E-state index in [1.807, 2.05) is 6.92 Å². The average Bonchev–Trinajstić information content (AvgIpc) is 2.64. The van der Waals surface area contributed by atoms with Gasteiger partial charge in [-0.05, 0) is 73.8 Å². The number of benzene rings is 1. The highest BCUT2D eigenvalue weighted by atomic mass is 19.1. The number of halogens is 1. The molecule has 0 N–H and O–H groups in total. The van der Waals surface area contributed by atoms with Crippen molar-refractivity contribution in [2.45, 2.75) is 60.3 Å². The molecule has 0 heterocycles. The SMILES string of the molecule is C=C(C1=C(C)CCCC1(C)C)/C(C)=C(\F)c1ccc(C(=O)OCCC)cc1. The Labute approximate surface area is 162 Å². The number of hydrogen-bond donors (Lipinski definition) is 0. The molecule has 0 radical (unpaired) electrons. The summed E-state index contributed by atoms with van der Waals surface area (Å²) >= 11 is 0. The summed E-state index contributed by atoms with van der Waals surface area (Å²) in [6, 6.07) is 6.47. The van der Waals surface area contributed by atoms with Crippen LogP contribution >= 0.6 is 0 Å². The summed E-state index contributed by atoms with van der Waals surface area (Å²) in [5, 5.41) is 0. The molecular weight excluding hydrogens is 339 g/mol. The molecule has 1 aliphatic carbocycles. The fraction of sp³-hybridized carbons (Fsp3) is 0.458. The van der Waals surface area contributed by atoms with E-state index in [0.29, 0.717) is 23.3 Å². The van der Waals surface area contributed by atoms with Gasteiger partial charge in [-0.25, -0.2) is 9.18 Å². The van der Waals surface area contributed by atoms with Crippen LogP contribution in [0.5, 0.6) is 0 Å². The molecule has 1 aliphatic rings. The van der Waals surface area contributed by atoms with Gasteiger partial charge in [0.15, 0.2) is 0 Å². The third-order valence-electron chi connectivity index (χ3n) is 5.35. The van der Waals surface area contributed by atoms with E-state index >= 15 is 4.39 Å². The molecule has 2 rings (SSSR count). The van der Waals surface area contributed by atoms with Crippen LogP contribution < -0.4 is 0 Å². The van der Waals surface area contributed by atoms with Gasteiger partial charge in [0.05, 0.1) is 12.2 Å². The molecule has 0 bridgehead atoms. The summed E-state index contributed by atoms with van der Waals surface area (Å²) in [6.07, 6.45) is 4.06. The zero-order valence-corrected chi connectivity index (χ0v) is 17.2. The molecule has 27 heavy (non-hydrogen) atoms. The maximum atomic E-state index is 15.1. The number of esters is 1. The number of allylic oxidation sites excluding steroid dienone is 4. The summed E-state index contributed by atoms with van der Waals surface area (Å²) in [6.45, 7) is 14.9. The number of ether oxygens (including phenoxy) is 1. The third-order valence-corrected chi connectivity index (χ3v) is 5.35. The maximum absolute atomic E-state index is 15.1. The predicted molar refractivity (Wildman–Crippen MR) is 110 cm³/mol. The first kappa shape index (κ1) is 21.1. The molecule has 2 nitrogen and oxygen atoms in total. The lowest BCUT2D eigenvalue weighted by Crippen LogP contribution is -2.22. The first-order valence-corrected chi connectivity index (χ1v) is 9.73. The fourth-order valence-corrected chi connectivity index (χ4v) is 3.86. The lowest BCUT2D eigenvalue weighted by atomic mass is 9.69. The summed E-state index contributed by atoms with van der Waals surface area (Å²) < 4.78 is 20.2. The molecule has 0 saturated heterocycles. The van der Waals surface area contributed by atoms with Crippen molar-refractivity contribution in [3.63, 3.8) is 0 Å². The van der Waals surface area contributed by atoms with E-state index in [0.717, 1.165) is 31.3 Å². The Balaban J connectivity index is 2.29. The summed E-state index contributed by atoms with van der Waals surface area (Å²) in [7, 11) is 0. The monoisotopic (exact) mass is 370 g/mol. The van der Waals surface area contributed by atoms with Crippen LogP contribution in [-0.4, -0.2) is 12.6 Å². The maximum Gasteiger partial charge on any atom is 0.338 e. The van der Waals surface area contributed by atoms with E-state index in [1.54, 1.807) is 31.2 Å². The van der Waals surface area contributed by atoms with Crippen LogP contribution in [0.3, 0.4) is 0 Å². The van der Waals surface area contributed by atoms with Crippen molar-refractivity contribution in [1.29, 1.82) is 0 Å². The standard InChI is InChI=1S/C24H31FO2/c1-7-15-27-23(26)20-12-10-19(11-13-20)22(25)18(4)17(3)21-16(2)9-8-14-24(21,5)6/h10-13H,3,7-9,14-15H2,1-2,4-6H3/b22-18-. The number of carbonyl (C=O) groups is 1. The Morgan fingerprint density at radius 3 is 2.37 bits per heavy atom. The van der Waals surface area contributed by atoms with E-state index in [1.165, 1.54) is 11.1 Å². The summed E-state index contributed by atoms with van der Waals surface area (Å²) in [4.78, 5) is 11.9. The fourth-order valence-electron chi connectivity index (χ4n) is 3.86. The van der Waals surface area contributed by atoms with Gasteiger partial charge in [0.25, 0.3) is 0 Å². The van der Waals surface area contributed by atoms with Crippen LogP contribution in [0, 0.1) is 5.41 Å². The van der Waals surface area contributed by atoms with Gasteiger partial charge in [0.1, 0.15) is 5.83 Å². The van der Waals surface area contributed by atoms with Gasteiger partial charge >= 0.3 is 5.97 Å². The molecule has 0 amide bonds. The molecule has 1 aromatic carbocycles. The van der Waals surface area contributed by atoms with Gasteiger partial charge in [0.2, 0.25) is 0 Å². The Morgan fingerprint density at radius 1 is 1.22 bits per heavy atom. The molecule has 0 unspecified atom stereocenters. The molecule has 0 atom stereocenters. The van der Waals surface area contributed by atoms with Gasteiger partial charge in [-0.3, -0.25) is 0 Å². The second-order valence-electron chi connectivity index (χ2n) is 8.02. The van der Waals surface area contributed by atoms with Gasteiger partial charge in [-0.15, -0.1) is 0 Å². The van der Waals surface area contributed by atoms with Gasteiger partial charge in [-0.1, -0.05) is 45.1 Å². The average molecular weight is 371 g/mol. The molecule has 0 aliphatic heterocycles. The predicted octanol–water partition coefficient (Wildman–Crippen LogP) is 7.04. The summed E-state index contributed by atoms with van der Waals surface area (Å²) in [5.74, 6) is -0.672. The third kappa shape index (κ3) is 4.77. The number of hydrogen-bond acceptors (Lipinski definition) is 2. The van der Waals surface area contributed by atoms with Gasteiger partial charge in [-0.2, -0.15) is 0 Å².